The van der Waals surface area contributed by atoms with E-state index in [2.05, 4.69) is 0 Å². The third kappa shape index (κ3) is 8.98. The van der Waals surface area contributed by atoms with Crippen LogP contribution in [0.4, 0.5) is 4.79 Å². The summed E-state index contributed by atoms with van der Waals surface area (Å²) in [6.07, 6.45) is -5.61. The largest absolute Gasteiger partial charge is 0.509 e. The second kappa shape index (κ2) is 16.7. The standard InChI is InChI=1S/C37H56O16/c1-17-10-13-26(39)48-20(4)23(16-46-33-31(45-9)30(44-8)27(40)21(5)49-33)29-24(51-29)11-12-25(38)36(7,43)14-18(2)28(17)52-34-32(41)37(15-19(3)47-34)22(6)50-35(42)53-37/h10-13,17-24,27-34,40-41,43H,14-16H2,1-9H3/b12-11-,13-10-/t17?,18?,19-,20?,21-,22+,23?,24?,27-,28?,29?,30-,31-,32+,33-,34+,36?,37+/m1/s1. The molecule has 5 aliphatic rings. The number of ether oxygens (including phenoxy) is 10. The first kappa shape index (κ1) is 41.6. The molecule has 0 aromatic rings. The Morgan fingerprint density at radius 2 is 1.53 bits per heavy atom. The van der Waals surface area contributed by atoms with Crippen molar-refractivity contribution in [3.05, 3.63) is 24.3 Å². The minimum Gasteiger partial charge on any atom is -0.459 e. The molecule has 5 rings (SSSR count). The first-order chi connectivity index (χ1) is 24.9. The van der Waals surface area contributed by atoms with Crippen LogP contribution in [-0.2, 0) is 57.0 Å². The van der Waals surface area contributed by atoms with Gasteiger partial charge in [0.1, 0.15) is 48.3 Å². The van der Waals surface area contributed by atoms with Crippen LogP contribution in [0.1, 0.15) is 61.3 Å². The fourth-order valence-electron chi connectivity index (χ4n) is 8.04. The highest BCUT2D eigenvalue weighted by Gasteiger charge is 2.61. The smallest absolute Gasteiger partial charge is 0.459 e. The molecule has 300 valence electrons. The Balaban J connectivity index is 1.37. The Kier molecular flexibility index (Phi) is 13.1. The number of carbonyl (C=O) groups is 3. The minimum atomic E-state index is -1.83. The van der Waals surface area contributed by atoms with Gasteiger partial charge in [-0.15, -0.1) is 0 Å². The molecule has 0 saturated carbocycles. The molecule has 1 spiro atoms. The van der Waals surface area contributed by atoms with E-state index in [-0.39, 0.29) is 19.4 Å². The maximum absolute atomic E-state index is 13.4. The Labute approximate surface area is 309 Å². The normalized spacial score (nSPS) is 49.4. The first-order valence-corrected chi connectivity index (χ1v) is 18.3. The molecule has 16 heteroatoms. The van der Waals surface area contributed by atoms with Crippen LogP contribution in [0.2, 0.25) is 0 Å². The van der Waals surface area contributed by atoms with E-state index in [4.69, 9.17) is 47.4 Å². The Bertz CT molecular complexity index is 1370. The number of hydrogen-bond acceptors (Lipinski definition) is 16. The number of carbonyl (C=O) groups excluding carboxylic acids is 3. The predicted octanol–water partition coefficient (Wildman–Crippen LogP) is 1.74. The molecule has 0 aromatic carbocycles. The third-order valence-corrected chi connectivity index (χ3v) is 11.2. The lowest BCUT2D eigenvalue weighted by Crippen LogP contribution is -2.62. The fourth-order valence-corrected chi connectivity index (χ4v) is 8.04. The molecule has 16 nitrogen and oxygen atoms in total. The van der Waals surface area contributed by atoms with Crippen LogP contribution >= 0.6 is 0 Å². The summed E-state index contributed by atoms with van der Waals surface area (Å²) >= 11 is 0. The number of esters is 1. The zero-order valence-corrected chi connectivity index (χ0v) is 31.8. The average Bonchev–Trinajstić information content (AvgIpc) is 3.79. The molecule has 0 amide bonds. The average molecular weight is 757 g/mol. The molecule has 0 aliphatic carbocycles. The van der Waals surface area contributed by atoms with E-state index in [0.29, 0.717) is 0 Å². The molecule has 18 atom stereocenters. The van der Waals surface area contributed by atoms with E-state index in [1.165, 1.54) is 33.3 Å². The lowest BCUT2D eigenvalue weighted by Gasteiger charge is -2.46. The molecule has 8 unspecified atom stereocenters. The maximum atomic E-state index is 13.4. The highest BCUT2D eigenvalue weighted by molar-refractivity contribution is 5.96. The Morgan fingerprint density at radius 1 is 0.830 bits per heavy atom. The van der Waals surface area contributed by atoms with Crippen LogP contribution in [0.15, 0.2) is 24.3 Å². The maximum Gasteiger partial charge on any atom is 0.509 e. The van der Waals surface area contributed by atoms with Crippen molar-refractivity contribution in [2.24, 2.45) is 17.8 Å². The summed E-state index contributed by atoms with van der Waals surface area (Å²) in [7, 11) is 2.92. The van der Waals surface area contributed by atoms with Crippen LogP contribution in [0.3, 0.4) is 0 Å². The number of epoxide rings is 1. The summed E-state index contributed by atoms with van der Waals surface area (Å²) in [6.45, 7) is 11.8. The number of aliphatic hydroxyl groups excluding tert-OH is 2. The van der Waals surface area contributed by atoms with Crippen molar-refractivity contribution >= 4 is 17.9 Å². The SMILES string of the molecule is CO[C@@H]1[C@H](O)[C@@H](C)O[C@@H](OCC2C(C)OC(=O)/C=C\C(C)C(O[C@@H]3O[C@H](C)C[C@@]4(OC(=O)O[C@H]4C)[C@H]3O)C(C)CC(C)(O)C(=O)/C=C\C3OC32)[C@@H]1OC. The van der Waals surface area contributed by atoms with Gasteiger partial charge in [-0.25, -0.2) is 9.59 Å². The molecule has 0 bridgehead atoms. The molecule has 0 radical (unpaired) electrons. The lowest BCUT2D eigenvalue weighted by atomic mass is 9.81. The van der Waals surface area contributed by atoms with Gasteiger partial charge in [-0.2, -0.15) is 0 Å². The number of methoxy groups -OCH3 is 2. The van der Waals surface area contributed by atoms with Gasteiger partial charge in [-0.1, -0.05) is 19.9 Å². The summed E-state index contributed by atoms with van der Waals surface area (Å²) < 4.78 is 58.1. The van der Waals surface area contributed by atoms with Gasteiger partial charge in [0.2, 0.25) is 0 Å². The van der Waals surface area contributed by atoms with E-state index in [1.54, 1.807) is 53.7 Å². The zero-order chi connectivity index (χ0) is 39.0. The first-order valence-electron chi connectivity index (χ1n) is 18.3. The van der Waals surface area contributed by atoms with Crippen LogP contribution in [-0.4, -0.2) is 145 Å². The Hall–Kier alpha value is -2.51. The van der Waals surface area contributed by atoms with E-state index >= 15 is 0 Å². The highest BCUT2D eigenvalue weighted by Crippen LogP contribution is 2.43. The van der Waals surface area contributed by atoms with Crippen molar-refractivity contribution in [3.8, 4) is 0 Å². The van der Waals surface area contributed by atoms with E-state index < -0.39 is 127 Å². The summed E-state index contributed by atoms with van der Waals surface area (Å²) in [6, 6.07) is 0. The van der Waals surface area contributed by atoms with Gasteiger partial charge >= 0.3 is 12.1 Å². The van der Waals surface area contributed by atoms with Gasteiger partial charge in [-0.3, -0.25) is 4.79 Å². The lowest BCUT2D eigenvalue weighted by molar-refractivity contribution is -0.309. The van der Waals surface area contributed by atoms with Gasteiger partial charge in [0.05, 0.1) is 31.0 Å². The van der Waals surface area contributed by atoms with E-state index in [0.717, 1.165) is 0 Å². The van der Waals surface area contributed by atoms with E-state index in [9.17, 15) is 29.7 Å². The Morgan fingerprint density at radius 3 is 2.17 bits per heavy atom. The number of hydrogen-bond donors (Lipinski definition) is 3. The molecule has 4 fully saturated rings. The van der Waals surface area contributed by atoms with Crippen molar-refractivity contribution in [2.75, 3.05) is 20.8 Å². The summed E-state index contributed by atoms with van der Waals surface area (Å²) in [5.74, 6) is -2.80. The molecular weight excluding hydrogens is 700 g/mol. The monoisotopic (exact) mass is 756 g/mol. The van der Waals surface area contributed by atoms with Crippen molar-refractivity contribution in [1.29, 1.82) is 0 Å². The van der Waals surface area contributed by atoms with Crippen molar-refractivity contribution < 1.29 is 77.1 Å². The zero-order valence-electron chi connectivity index (χ0n) is 31.8. The second-order valence-corrected chi connectivity index (χ2v) is 15.3. The van der Waals surface area contributed by atoms with Crippen molar-refractivity contribution in [3.63, 3.8) is 0 Å². The molecule has 5 heterocycles. The number of ketones is 1. The van der Waals surface area contributed by atoms with Gasteiger partial charge in [0, 0.05) is 38.6 Å². The summed E-state index contributed by atoms with van der Waals surface area (Å²) in [4.78, 5) is 38.8. The molecule has 5 aliphatic heterocycles. The van der Waals surface area contributed by atoms with Crippen molar-refractivity contribution in [2.45, 2.75) is 152 Å². The fraction of sp³-hybridized carbons (Fsp3) is 0.811. The molecule has 53 heavy (non-hydrogen) atoms. The van der Waals surface area contributed by atoms with Gasteiger partial charge in [-0.05, 0) is 59.1 Å². The van der Waals surface area contributed by atoms with Gasteiger partial charge in [0.15, 0.2) is 24.0 Å². The second-order valence-electron chi connectivity index (χ2n) is 15.3. The van der Waals surface area contributed by atoms with Crippen molar-refractivity contribution in [1.82, 2.24) is 0 Å². The quantitative estimate of drug-likeness (QED) is 0.250. The minimum absolute atomic E-state index is 0.00493. The molecular formula is C37H56O16. The number of aliphatic hydroxyl groups is 3. The van der Waals surface area contributed by atoms with Crippen LogP contribution in [0.5, 0.6) is 0 Å². The molecule has 4 saturated heterocycles. The number of cyclic esters (lactones) is 2. The van der Waals surface area contributed by atoms with Crippen LogP contribution in [0, 0.1) is 17.8 Å². The van der Waals surface area contributed by atoms with Gasteiger partial charge in [0.25, 0.3) is 0 Å². The van der Waals surface area contributed by atoms with Crippen LogP contribution < -0.4 is 0 Å². The van der Waals surface area contributed by atoms with E-state index in [1.807, 2.05) is 0 Å². The number of rotatable bonds is 7. The van der Waals surface area contributed by atoms with Gasteiger partial charge < -0.3 is 62.7 Å². The summed E-state index contributed by atoms with van der Waals surface area (Å²) in [5, 5.41) is 33.5. The molecule has 3 N–H and O–H groups in total. The molecule has 0 aromatic heterocycles. The highest BCUT2D eigenvalue weighted by atomic mass is 16.8. The topological polar surface area (TPSA) is 207 Å². The predicted molar refractivity (Wildman–Crippen MR) is 182 cm³/mol. The number of fused-ring (bicyclic) bond motifs is 1. The third-order valence-electron chi connectivity index (χ3n) is 11.2. The van der Waals surface area contributed by atoms with Crippen LogP contribution in [0.25, 0.3) is 0 Å². The summed E-state index contributed by atoms with van der Waals surface area (Å²) in [5.41, 5.74) is -3.23.